The van der Waals surface area contributed by atoms with E-state index in [1.807, 2.05) is 18.2 Å². The number of halogens is 3. The SMILES string of the molecule is O=C(NCc1ccc(C(F)(F)F)nc1)Nc1ccc(Oc2ncnc3cc(N[C@@H]4CCCC[C@H]4O)ccc23)cc1. The van der Waals surface area contributed by atoms with Gasteiger partial charge in [0.1, 0.15) is 17.8 Å². The summed E-state index contributed by atoms with van der Waals surface area (Å²) in [4.78, 5) is 24.2. The molecule has 0 saturated heterocycles. The zero-order valence-corrected chi connectivity index (χ0v) is 21.3. The first kappa shape index (κ1) is 27.1. The van der Waals surface area contributed by atoms with Gasteiger partial charge >= 0.3 is 12.2 Å². The molecule has 2 amide bonds. The number of benzene rings is 2. The Balaban J connectivity index is 1.17. The summed E-state index contributed by atoms with van der Waals surface area (Å²) in [5, 5.41) is 19.6. The molecule has 1 aliphatic carbocycles. The molecule has 12 heteroatoms. The quantitative estimate of drug-likeness (QED) is 0.226. The molecule has 9 nitrogen and oxygen atoms in total. The van der Waals surface area contributed by atoms with Gasteiger partial charge < -0.3 is 25.8 Å². The number of nitrogens with zero attached hydrogens (tertiary/aromatic N) is 3. The van der Waals surface area contributed by atoms with Crippen LogP contribution in [-0.2, 0) is 12.7 Å². The van der Waals surface area contributed by atoms with Gasteiger partial charge in [-0.1, -0.05) is 18.9 Å². The summed E-state index contributed by atoms with van der Waals surface area (Å²) >= 11 is 0. The van der Waals surface area contributed by atoms with Gasteiger partial charge in [0.15, 0.2) is 0 Å². The van der Waals surface area contributed by atoms with Crippen molar-refractivity contribution in [3.8, 4) is 11.6 Å². The van der Waals surface area contributed by atoms with Gasteiger partial charge in [0.2, 0.25) is 5.88 Å². The zero-order chi connectivity index (χ0) is 28.1. The third-order valence-electron chi connectivity index (χ3n) is 6.58. The third-order valence-corrected chi connectivity index (χ3v) is 6.58. The Morgan fingerprint density at radius 2 is 1.75 bits per heavy atom. The highest BCUT2D eigenvalue weighted by Gasteiger charge is 2.32. The predicted molar refractivity (Wildman–Crippen MR) is 143 cm³/mol. The Hall–Kier alpha value is -4.45. The molecule has 1 saturated carbocycles. The number of aromatic nitrogens is 3. The van der Waals surface area contributed by atoms with Crippen LogP contribution in [0.3, 0.4) is 0 Å². The molecule has 0 aliphatic heterocycles. The number of ether oxygens (including phenoxy) is 1. The van der Waals surface area contributed by atoms with E-state index in [-0.39, 0.29) is 18.7 Å². The number of nitrogens with one attached hydrogen (secondary N) is 3. The molecular weight excluding hydrogens is 525 g/mol. The molecule has 2 atom stereocenters. The van der Waals surface area contributed by atoms with E-state index in [4.69, 9.17) is 4.74 Å². The Labute approximate surface area is 227 Å². The minimum atomic E-state index is -4.51. The fourth-order valence-electron chi connectivity index (χ4n) is 4.47. The van der Waals surface area contributed by atoms with Crippen molar-refractivity contribution >= 4 is 28.3 Å². The van der Waals surface area contributed by atoms with E-state index in [2.05, 4.69) is 30.9 Å². The normalized spacial score (nSPS) is 17.3. The van der Waals surface area contributed by atoms with Gasteiger partial charge in [0.25, 0.3) is 0 Å². The number of rotatable bonds is 7. The number of pyridine rings is 1. The lowest BCUT2D eigenvalue weighted by molar-refractivity contribution is -0.141. The number of hydrogen-bond donors (Lipinski definition) is 4. The maximum absolute atomic E-state index is 12.6. The van der Waals surface area contributed by atoms with Gasteiger partial charge in [-0.15, -0.1) is 0 Å². The second-order valence-electron chi connectivity index (χ2n) is 9.50. The number of hydrogen-bond acceptors (Lipinski definition) is 7. The summed E-state index contributed by atoms with van der Waals surface area (Å²) in [5.74, 6) is 0.868. The van der Waals surface area contributed by atoms with E-state index in [1.165, 1.54) is 12.4 Å². The standard InChI is InChI=1S/C28H27F3N6O3/c29-28(30,31)25-12-5-17(14-32-25)15-33-27(39)37-18-6-9-20(10-7-18)40-26-21-11-8-19(13-23(21)34-16-35-26)36-22-3-1-2-4-24(22)38/h5-14,16,22,24,36,38H,1-4,15H2,(H2,33,37,39)/t22-,24-/m1/s1. The number of alkyl halides is 3. The van der Waals surface area contributed by atoms with E-state index in [0.717, 1.165) is 49.0 Å². The zero-order valence-electron chi connectivity index (χ0n) is 21.3. The molecule has 0 bridgehead atoms. The second kappa shape index (κ2) is 11.7. The summed E-state index contributed by atoms with van der Waals surface area (Å²) in [6, 6.07) is 13.9. The first-order chi connectivity index (χ1) is 19.2. The molecule has 2 aromatic heterocycles. The lowest BCUT2D eigenvalue weighted by Crippen LogP contribution is -2.36. The number of fused-ring (bicyclic) bond motifs is 1. The fraction of sp³-hybridized carbons (Fsp3) is 0.286. The van der Waals surface area contributed by atoms with E-state index in [1.54, 1.807) is 24.3 Å². The minimum absolute atomic E-state index is 0.0113. The van der Waals surface area contributed by atoms with Crippen molar-refractivity contribution in [2.75, 3.05) is 10.6 Å². The van der Waals surface area contributed by atoms with Gasteiger partial charge in [-0.05, 0) is 66.9 Å². The van der Waals surface area contributed by atoms with E-state index in [0.29, 0.717) is 28.4 Å². The highest BCUT2D eigenvalue weighted by atomic mass is 19.4. The Morgan fingerprint density at radius 1 is 0.975 bits per heavy atom. The van der Waals surface area contributed by atoms with Crippen LogP contribution >= 0.6 is 0 Å². The number of carbonyl (C=O) groups is 1. The summed E-state index contributed by atoms with van der Waals surface area (Å²) in [6.45, 7) is 0.0113. The molecule has 208 valence electrons. The lowest BCUT2D eigenvalue weighted by Gasteiger charge is -2.29. The van der Waals surface area contributed by atoms with Gasteiger partial charge in [-0.25, -0.2) is 14.8 Å². The van der Waals surface area contributed by atoms with Gasteiger partial charge in [-0.3, -0.25) is 4.98 Å². The van der Waals surface area contributed by atoms with Crippen LogP contribution < -0.4 is 20.7 Å². The maximum Gasteiger partial charge on any atom is 0.433 e. The number of carbonyl (C=O) groups excluding carboxylic acids is 1. The van der Waals surface area contributed by atoms with Crippen molar-refractivity contribution in [2.24, 2.45) is 0 Å². The van der Waals surface area contributed by atoms with E-state index >= 15 is 0 Å². The molecule has 0 radical (unpaired) electrons. The van der Waals surface area contributed by atoms with Crippen LogP contribution in [0.2, 0.25) is 0 Å². The monoisotopic (exact) mass is 552 g/mol. The molecule has 4 aromatic rings. The Kier molecular flexibility index (Phi) is 7.96. The van der Waals surface area contributed by atoms with Crippen molar-refractivity contribution in [1.82, 2.24) is 20.3 Å². The first-order valence-corrected chi connectivity index (χ1v) is 12.8. The average molecular weight is 553 g/mol. The number of aliphatic hydroxyl groups is 1. The molecule has 0 unspecified atom stereocenters. The largest absolute Gasteiger partial charge is 0.438 e. The van der Waals surface area contributed by atoms with Gasteiger partial charge in [-0.2, -0.15) is 13.2 Å². The van der Waals surface area contributed by atoms with Crippen LogP contribution in [0.15, 0.2) is 67.1 Å². The minimum Gasteiger partial charge on any atom is -0.438 e. The molecule has 4 N–H and O–H groups in total. The number of aliphatic hydroxyl groups excluding tert-OH is 1. The molecule has 1 fully saturated rings. The summed E-state index contributed by atoms with van der Waals surface area (Å²) in [7, 11) is 0. The van der Waals surface area contributed by atoms with Crippen LogP contribution in [-0.4, -0.2) is 38.2 Å². The first-order valence-electron chi connectivity index (χ1n) is 12.8. The number of urea groups is 1. The Bertz CT molecular complexity index is 1470. The predicted octanol–water partition coefficient (Wildman–Crippen LogP) is 5.87. The number of amides is 2. The summed E-state index contributed by atoms with van der Waals surface area (Å²) in [6.07, 6.45) is 1.45. The smallest absolute Gasteiger partial charge is 0.433 e. The van der Waals surface area contributed by atoms with E-state index in [9.17, 15) is 23.1 Å². The van der Waals surface area contributed by atoms with E-state index < -0.39 is 17.9 Å². The van der Waals surface area contributed by atoms with Crippen molar-refractivity contribution in [3.63, 3.8) is 0 Å². The molecule has 40 heavy (non-hydrogen) atoms. The average Bonchev–Trinajstić information content (AvgIpc) is 2.94. The molecular formula is C28H27F3N6O3. The van der Waals surface area contributed by atoms with Crippen LogP contribution in [0.4, 0.5) is 29.3 Å². The van der Waals surface area contributed by atoms with Crippen molar-refractivity contribution in [3.05, 3.63) is 78.4 Å². The summed E-state index contributed by atoms with van der Waals surface area (Å²) < 4.78 is 43.8. The highest BCUT2D eigenvalue weighted by Crippen LogP contribution is 2.30. The van der Waals surface area contributed by atoms with Crippen LogP contribution in [0.25, 0.3) is 10.9 Å². The molecule has 1 aliphatic rings. The van der Waals surface area contributed by atoms with Crippen LogP contribution in [0, 0.1) is 0 Å². The molecule has 2 aromatic carbocycles. The molecule has 0 spiro atoms. The van der Waals surface area contributed by atoms with Crippen LogP contribution in [0.1, 0.15) is 36.9 Å². The maximum atomic E-state index is 12.6. The van der Waals surface area contributed by atoms with Crippen LogP contribution in [0.5, 0.6) is 11.6 Å². The summed E-state index contributed by atoms with van der Waals surface area (Å²) in [5.41, 5.74) is 1.49. The lowest BCUT2D eigenvalue weighted by atomic mass is 9.92. The second-order valence-corrected chi connectivity index (χ2v) is 9.50. The van der Waals surface area contributed by atoms with Crippen molar-refractivity contribution in [1.29, 1.82) is 0 Å². The Morgan fingerprint density at radius 3 is 2.48 bits per heavy atom. The van der Waals surface area contributed by atoms with Crippen molar-refractivity contribution in [2.45, 2.75) is 50.6 Å². The third kappa shape index (κ3) is 6.75. The topological polar surface area (TPSA) is 121 Å². The highest BCUT2D eigenvalue weighted by molar-refractivity contribution is 5.89. The number of anilines is 2. The van der Waals surface area contributed by atoms with Gasteiger partial charge in [0, 0.05) is 24.1 Å². The fourth-order valence-corrected chi connectivity index (χ4v) is 4.47. The van der Waals surface area contributed by atoms with Gasteiger partial charge in [0.05, 0.1) is 23.0 Å². The molecule has 5 rings (SSSR count). The van der Waals surface area contributed by atoms with Crippen molar-refractivity contribution < 1.29 is 27.8 Å². The molecule has 2 heterocycles.